The Kier molecular flexibility index (Phi) is 2.98. The van der Waals surface area contributed by atoms with Gasteiger partial charge in [0.05, 0.1) is 6.10 Å². The second-order valence-corrected chi connectivity index (χ2v) is 4.92. The molecule has 3 rings (SSSR count). The molecule has 2 aromatic rings. The predicted octanol–water partition coefficient (Wildman–Crippen LogP) is 0.563. The number of nitrogens with zero attached hydrogens (tertiary/aromatic N) is 3. The molecule has 0 aromatic carbocycles. The van der Waals surface area contributed by atoms with E-state index in [1.165, 1.54) is 4.40 Å². The van der Waals surface area contributed by atoms with Crippen molar-refractivity contribution >= 4 is 11.5 Å². The first-order chi connectivity index (χ1) is 9.15. The van der Waals surface area contributed by atoms with Crippen LogP contribution in [-0.2, 0) is 4.74 Å². The Labute approximate surface area is 110 Å². The van der Waals surface area contributed by atoms with Crippen molar-refractivity contribution in [2.75, 3.05) is 18.5 Å². The van der Waals surface area contributed by atoms with Gasteiger partial charge in [-0.3, -0.25) is 0 Å². The van der Waals surface area contributed by atoms with Crippen molar-refractivity contribution in [2.45, 2.75) is 26.4 Å². The lowest BCUT2D eigenvalue weighted by Crippen LogP contribution is -2.21. The first-order valence-corrected chi connectivity index (χ1v) is 6.45. The molecule has 0 spiro atoms. The minimum atomic E-state index is -0.260. The largest absolute Gasteiger partial charge is 0.378 e. The van der Waals surface area contributed by atoms with Crippen molar-refractivity contribution in [3.8, 4) is 0 Å². The van der Waals surface area contributed by atoms with Crippen LogP contribution in [0.4, 0.5) is 5.82 Å². The van der Waals surface area contributed by atoms with Crippen molar-refractivity contribution in [1.29, 1.82) is 0 Å². The summed E-state index contributed by atoms with van der Waals surface area (Å²) >= 11 is 0. The molecule has 1 aliphatic rings. The number of aromatic amines is 1. The summed E-state index contributed by atoms with van der Waals surface area (Å²) in [5, 5.41) is 9.67. The number of aromatic nitrogens is 4. The number of ether oxygens (including phenoxy) is 1. The first-order valence-electron chi connectivity index (χ1n) is 6.45. The Bertz CT molecular complexity index is 647. The summed E-state index contributed by atoms with van der Waals surface area (Å²) in [5.41, 5.74) is 0.320. The Morgan fingerprint density at radius 2 is 2.47 bits per heavy atom. The van der Waals surface area contributed by atoms with E-state index in [-0.39, 0.29) is 11.8 Å². The molecule has 2 N–H and O–H groups in total. The van der Waals surface area contributed by atoms with E-state index in [0.717, 1.165) is 25.4 Å². The monoisotopic (exact) mass is 263 g/mol. The summed E-state index contributed by atoms with van der Waals surface area (Å²) in [6.07, 6.45) is 1.35. The maximum absolute atomic E-state index is 11.5. The topological polar surface area (TPSA) is 84.3 Å². The number of hydrogen-bond donors (Lipinski definition) is 2. The molecule has 102 valence electrons. The fraction of sp³-hybridized carbons (Fsp3) is 0.583. The van der Waals surface area contributed by atoms with Crippen molar-refractivity contribution in [1.82, 2.24) is 19.6 Å². The molecule has 7 nitrogen and oxygen atoms in total. The highest BCUT2D eigenvalue weighted by molar-refractivity contribution is 5.49. The van der Waals surface area contributed by atoms with E-state index >= 15 is 0 Å². The predicted molar refractivity (Wildman–Crippen MR) is 70.4 cm³/mol. The van der Waals surface area contributed by atoms with E-state index in [0.29, 0.717) is 17.4 Å². The van der Waals surface area contributed by atoms with Crippen LogP contribution in [0, 0.1) is 12.8 Å². The summed E-state index contributed by atoms with van der Waals surface area (Å²) in [7, 11) is 0. The molecule has 19 heavy (non-hydrogen) atoms. The lowest BCUT2D eigenvalue weighted by molar-refractivity contribution is 0.108. The fourth-order valence-corrected chi connectivity index (χ4v) is 2.47. The number of nitrogens with one attached hydrogen (secondary N) is 2. The number of anilines is 1. The summed E-state index contributed by atoms with van der Waals surface area (Å²) in [6, 6.07) is 1.77. The Balaban J connectivity index is 1.80. The van der Waals surface area contributed by atoms with Crippen molar-refractivity contribution in [3.63, 3.8) is 0 Å². The third kappa shape index (κ3) is 2.21. The van der Waals surface area contributed by atoms with Crippen LogP contribution < -0.4 is 11.0 Å². The molecule has 2 unspecified atom stereocenters. The van der Waals surface area contributed by atoms with Crippen LogP contribution in [0.1, 0.15) is 19.2 Å². The van der Waals surface area contributed by atoms with Crippen molar-refractivity contribution < 1.29 is 4.74 Å². The number of rotatable bonds is 3. The van der Waals surface area contributed by atoms with Crippen LogP contribution in [0.2, 0.25) is 0 Å². The minimum Gasteiger partial charge on any atom is -0.378 e. The zero-order valence-electron chi connectivity index (χ0n) is 11.0. The van der Waals surface area contributed by atoms with Crippen LogP contribution >= 0.6 is 0 Å². The van der Waals surface area contributed by atoms with Crippen LogP contribution in [0.15, 0.2) is 10.9 Å². The van der Waals surface area contributed by atoms with Gasteiger partial charge in [-0.15, -0.1) is 0 Å². The second-order valence-electron chi connectivity index (χ2n) is 4.92. The van der Waals surface area contributed by atoms with E-state index < -0.39 is 0 Å². The van der Waals surface area contributed by atoms with Gasteiger partial charge in [-0.2, -0.15) is 5.10 Å². The van der Waals surface area contributed by atoms with Crippen LogP contribution in [0.25, 0.3) is 5.65 Å². The van der Waals surface area contributed by atoms with Gasteiger partial charge in [0.15, 0.2) is 5.65 Å². The molecule has 0 amide bonds. The quantitative estimate of drug-likeness (QED) is 0.845. The molecule has 2 aromatic heterocycles. The third-order valence-corrected chi connectivity index (χ3v) is 3.65. The Morgan fingerprint density at radius 3 is 3.21 bits per heavy atom. The zero-order valence-corrected chi connectivity index (χ0v) is 11.0. The zero-order chi connectivity index (χ0) is 13.4. The fourth-order valence-electron chi connectivity index (χ4n) is 2.47. The minimum absolute atomic E-state index is 0.260. The highest BCUT2D eigenvalue weighted by Gasteiger charge is 2.23. The second kappa shape index (κ2) is 4.65. The van der Waals surface area contributed by atoms with Gasteiger partial charge in [0, 0.05) is 25.1 Å². The molecular formula is C12H17N5O2. The van der Waals surface area contributed by atoms with E-state index in [2.05, 4.69) is 27.4 Å². The molecule has 2 atom stereocenters. The normalized spacial score (nSPS) is 23.1. The van der Waals surface area contributed by atoms with Gasteiger partial charge in [0.25, 0.3) is 0 Å². The van der Waals surface area contributed by atoms with Gasteiger partial charge < -0.3 is 10.1 Å². The summed E-state index contributed by atoms with van der Waals surface area (Å²) in [5.74, 6) is 1.86. The summed E-state index contributed by atoms with van der Waals surface area (Å²) in [6.45, 7) is 5.52. The van der Waals surface area contributed by atoms with E-state index in [1.807, 2.05) is 0 Å². The van der Waals surface area contributed by atoms with E-state index in [4.69, 9.17) is 4.74 Å². The summed E-state index contributed by atoms with van der Waals surface area (Å²) < 4.78 is 6.98. The first kappa shape index (κ1) is 12.2. The van der Waals surface area contributed by atoms with Gasteiger partial charge >= 0.3 is 5.69 Å². The smallest absolute Gasteiger partial charge is 0.349 e. The molecule has 0 aliphatic carbocycles. The van der Waals surface area contributed by atoms with Gasteiger partial charge in [-0.05, 0) is 20.3 Å². The third-order valence-electron chi connectivity index (χ3n) is 3.65. The van der Waals surface area contributed by atoms with E-state index in [1.54, 1.807) is 13.0 Å². The summed E-state index contributed by atoms with van der Waals surface area (Å²) in [4.78, 5) is 15.9. The van der Waals surface area contributed by atoms with Crippen LogP contribution in [0.3, 0.4) is 0 Å². The Morgan fingerprint density at radius 1 is 1.63 bits per heavy atom. The van der Waals surface area contributed by atoms with Gasteiger partial charge in [0.1, 0.15) is 11.6 Å². The number of H-pyrrole nitrogens is 1. The SMILES string of the molecule is Cc1nc(NCC2CCOC2C)cc2n[nH]c(=O)n12. The van der Waals surface area contributed by atoms with Gasteiger partial charge in [-0.1, -0.05) is 0 Å². The number of aryl methyl sites for hydroxylation is 1. The molecule has 0 saturated carbocycles. The highest BCUT2D eigenvalue weighted by atomic mass is 16.5. The standard InChI is InChI=1S/C12H17N5O2/c1-7-9(3-4-19-7)6-13-10-5-11-15-16-12(18)17(11)8(2)14-10/h5,7,9,13H,3-4,6H2,1-2H3,(H,16,18). The average molecular weight is 263 g/mol. The van der Waals surface area contributed by atoms with Crippen molar-refractivity contribution in [3.05, 3.63) is 22.4 Å². The number of hydrogen-bond acceptors (Lipinski definition) is 5. The number of fused-ring (bicyclic) bond motifs is 1. The molecule has 1 fully saturated rings. The molecule has 7 heteroatoms. The highest BCUT2D eigenvalue weighted by Crippen LogP contribution is 2.20. The lowest BCUT2D eigenvalue weighted by atomic mass is 10.0. The Hall–Kier alpha value is -1.89. The molecule has 1 aliphatic heterocycles. The van der Waals surface area contributed by atoms with Crippen molar-refractivity contribution in [2.24, 2.45) is 5.92 Å². The van der Waals surface area contributed by atoms with E-state index in [9.17, 15) is 4.79 Å². The molecule has 0 radical (unpaired) electrons. The lowest BCUT2D eigenvalue weighted by Gasteiger charge is -2.15. The van der Waals surface area contributed by atoms with Crippen LogP contribution in [0.5, 0.6) is 0 Å². The molecule has 3 heterocycles. The van der Waals surface area contributed by atoms with Gasteiger partial charge in [-0.25, -0.2) is 19.3 Å². The van der Waals surface area contributed by atoms with Crippen LogP contribution in [-0.4, -0.2) is 38.8 Å². The maximum Gasteiger partial charge on any atom is 0.349 e. The molecular weight excluding hydrogens is 246 g/mol. The average Bonchev–Trinajstić information content (AvgIpc) is 2.94. The molecule has 0 bridgehead atoms. The molecule has 1 saturated heterocycles. The van der Waals surface area contributed by atoms with Gasteiger partial charge in [0.2, 0.25) is 0 Å². The maximum atomic E-state index is 11.5.